The highest BCUT2D eigenvalue weighted by atomic mass is 16.5. The Labute approximate surface area is 97.0 Å². The number of benzene rings is 1. The minimum absolute atomic E-state index is 0.283. The van der Waals surface area contributed by atoms with Gasteiger partial charge in [0.1, 0.15) is 0 Å². The lowest BCUT2D eigenvalue weighted by molar-refractivity contribution is 0.0199. The Morgan fingerprint density at radius 1 is 1.38 bits per heavy atom. The molecule has 2 aliphatic rings. The second-order valence-electron chi connectivity index (χ2n) is 4.95. The van der Waals surface area contributed by atoms with E-state index in [4.69, 9.17) is 4.74 Å². The predicted molar refractivity (Wildman–Crippen MR) is 64.6 cm³/mol. The van der Waals surface area contributed by atoms with Crippen molar-refractivity contribution < 1.29 is 4.74 Å². The fraction of sp³-hybridized carbons (Fsp3) is 0.571. The van der Waals surface area contributed by atoms with Crippen LogP contribution in [0.25, 0.3) is 0 Å². The van der Waals surface area contributed by atoms with Gasteiger partial charge in [0.2, 0.25) is 0 Å². The monoisotopic (exact) mass is 217 g/mol. The molecule has 0 aliphatic carbocycles. The van der Waals surface area contributed by atoms with Crippen molar-refractivity contribution in [2.75, 3.05) is 13.2 Å². The van der Waals surface area contributed by atoms with Gasteiger partial charge in [-0.1, -0.05) is 23.8 Å². The van der Waals surface area contributed by atoms with Crippen LogP contribution in [0, 0.1) is 6.92 Å². The van der Waals surface area contributed by atoms with Crippen molar-refractivity contribution in [1.82, 2.24) is 5.32 Å². The Bertz CT molecular complexity index is 382. The topological polar surface area (TPSA) is 21.3 Å². The summed E-state index contributed by atoms with van der Waals surface area (Å²) in [5.41, 5.74) is 4.24. The summed E-state index contributed by atoms with van der Waals surface area (Å²) < 4.78 is 5.98. The smallest absolute Gasteiger partial charge is 0.0980 e. The van der Waals surface area contributed by atoms with Crippen LogP contribution in [0.1, 0.15) is 35.6 Å². The summed E-state index contributed by atoms with van der Waals surface area (Å²) in [4.78, 5) is 0. The Hall–Kier alpha value is -0.860. The molecule has 2 heterocycles. The van der Waals surface area contributed by atoms with Gasteiger partial charge in [-0.3, -0.25) is 0 Å². The summed E-state index contributed by atoms with van der Waals surface area (Å²) in [6, 6.07) is 7.32. The number of hydrogen-bond donors (Lipinski definition) is 1. The van der Waals surface area contributed by atoms with Crippen molar-refractivity contribution in [3.8, 4) is 0 Å². The molecule has 0 bridgehead atoms. The number of aryl methyl sites for hydroxylation is 1. The zero-order valence-electron chi connectivity index (χ0n) is 9.83. The molecular formula is C14H19NO. The molecule has 3 rings (SSSR count). The molecule has 1 N–H and O–H groups in total. The first kappa shape index (κ1) is 10.3. The standard InChI is InChI=1S/C14H19NO/c1-10-4-5-11-6-8-16-14(12(11)9-10)13-3-2-7-15-13/h4-5,9,13-15H,2-3,6-8H2,1H3/t13-,14-/m1/s1. The average molecular weight is 217 g/mol. The summed E-state index contributed by atoms with van der Waals surface area (Å²) in [6.07, 6.45) is 3.88. The zero-order chi connectivity index (χ0) is 11.0. The van der Waals surface area contributed by atoms with E-state index in [1.807, 2.05) is 0 Å². The molecule has 0 unspecified atom stereocenters. The highest BCUT2D eigenvalue weighted by Gasteiger charge is 2.30. The lowest BCUT2D eigenvalue weighted by Crippen LogP contribution is -2.33. The summed E-state index contributed by atoms with van der Waals surface area (Å²) in [5, 5.41) is 3.56. The van der Waals surface area contributed by atoms with E-state index in [1.165, 1.54) is 29.5 Å². The first-order valence-electron chi connectivity index (χ1n) is 6.29. The molecule has 2 aliphatic heterocycles. The van der Waals surface area contributed by atoms with Crippen LogP contribution in [-0.4, -0.2) is 19.2 Å². The number of nitrogens with one attached hydrogen (secondary N) is 1. The van der Waals surface area contributed by atoms with Gasteiger partial charge in [0.15, 0.2) is 0 Å². The number of fused-ring (bicyclic) bond motifs is 1. The lowest BCUT2D eigenvalue weighted by atomic mass is 9.91. The molecule has 0 amide bonds. The van der Waals surface area contributed by atoms with Gasteiger partial charge in [-0.15, -0.1) is 0 Å². The Kier molecular flexibility index (Phi) is 2.70. The molecule has 2 atom stereocenters. The summed E-state index contributed by atoms with van der Waals surface area (Å²) in [6.45, 7) is 4.18. The fourth-order valence-electron chi connectivity index (χ4n) is 2.90. The quantitative estimate of drug-likeness (QED) is 0.779. The molecule has 1 fully saturated rings. The molecule has 1 aromatic rings. The third kappa shape index (κ3) is 1.76. The van der Waals surface area contributed by atoms with Gasteiger partial charge in [-0.25, -0.2) is 0 Å². The average Bonchev–Trinajstić information content (AvgIpc) is 2.81. The van der Waals surface area contributed by atoms with Crippen LogP contribution < -0.4 is 5.32 Å². The summed E-state index contributed by atoms with van der Waals surface area (Å²) in [5.74, 6) is 0. The second kappa shape index (κ2) is 4.19. The number of hydrogen-bond acceptors (Lipinski definition) is 2. The molecule has 1 aromatic carbocycles. The van der Waals surface area contributed by atoms with Gasteiger partial charge in [0, 0.05) is 6.04 Å². The maximum Gasteiger partial charge on any atom is 0.0980 e. The van der Waals surface area contributed by atoms with E-state index in [0.717, 1.165) is 19.6 Å². The van der Waals surface area contributed by atoms with Crippen LogP contribution in [0.4, 0.5) is 0 Å². The highest BCUT2D eigenvalue weighted by molar-refractivity contribution is 5.35. The molecule has 86 valence electrons. The highest BCUT2D eigenvalue weighted by Crippen LogP contribution is 2.33. The second-order valence-corrected chi connectivity index (χ2v) is 4.95. The van der Waals surface area contributed by atoms with Crippen molar-refractivity contribution in [1.29, 1.82) is 0 Å². The lowest BCUT2D eigenvalue weighted by Gasteiger charge is -2.30. The van der Waals surface area contributed by atoms with Gasteiger partial charge in [-0.2, -0.15) is 0 Å². The van der Waals surface area contributed by atoms with E-state index < -0.39 is 0 Å². The van der Waals surface area contributed by atoms with Crippen molar-refractivity contribution >= 4 is 0 Å². The van der Waals surface area contributed by atoms with Crippen LogP contribution in [0.15, 0.2) is 18.2 Å². The minimum atomic E-state index is 0.283. The largest absolute Gasteiger partial charge is 0.372 e. The third-order valence-electron chi connectivity index (χ3n) is 3.74. The van der Waals surface area contributed by atoms with Crippen LogP contribution in [0.5, 0.6) is 0 Å². The van der Waals surface area contributed by atoms with E-state index in [1.54, 1.807) is 0 Å². The summed E-state index contributed by atoms with van der Waals surface area (Å²) in [7, 11) is 0. The van der Waals surface area contributed by atoms with Crippen molar-refractivity contribution in [3.63, 3.8) is 0 Å². The minimum Gasteiger partial charge on any atom is -0.372 e. The Morgan fingerprint density at radius 2 is 2.31 bits per heavy atom. The van der Waals surface area contributed by atoms with Gasteiger partial charge in [-0.05, 0) is 43.9 Å². The molecule has 1 saturated heterocycles. The van der Waals surface area contributed by atoms with Gasteiger partial charge in [0.05, 0.1) is 12.7 Å². The molecular weight excluding hydrogens is 198 g/mol. The maximum absolute atomic E-state index is 5.98. The molecule has 0 radical (unpaired) electrons. The van der Waals surface area contributed by atoms with Crippen LogP contribution >= 0.6 is 0 Å². The first-order valence-corrected chi connectivity index (χ1v) is 6.29. The maximum atomic E-state index is 5.98. The Morgan fingerprint density at radius 3 is 3.12 bits per heavy atom. The van der Waals surface area contributed by atoms with Gasteiger partial charge in [0.25, 0.3) is 0 Å². The van der Waals surface area contributed by atoms with Crippen LogP contribution in [0.3, 0.4) is 0 Å². The zero-order valence-corrected chi connectivity index (χ0v) is 9.83. The third-order valence-corrected chi connectivity index (χ3v) is 3.74. The van der Waals surface area contributed by atoms with E-state index in [0.29, 0.717) is 6.04 Å². The van der Waals surface area contributed by atoms with E-state index in [-0.39, 0.29) is 6.10 Å². The van der Waals surface area contributed by atoms with Gasteiger partial charge < -0.3 is 10.1 Å². The predicted octanol–water partition coefficient (Wildman–Crippen LogP) is 2.36. The number of rotatable bonds is 1. The van der Waals surface area contributed by atoms with Crippen LogP contribution in [0.2, 0.25) is 0 Å². The molecule has 0 aromatic heterocycles. The van der Waals surface area contributed by atoms with E-state index in [9.17, 15) is 0 Å². The molecule has 2 heteroatoms. The molecule has 0 saturated carbocycles. The van der Waals surface area contributed by atoms with Crippen molar-refractivity contribution in [2.45, 2.75) is 38.3 Å². The first-order chi connectivity index (χ1) is 7.84. The SMILES string of the molecule is Cc1ccc2c(c1)[C@H]([C@H]1CCCN1)OCC2. The van der Waals surface area contributed by atoms with Crippen molar-refractivity contribution in [2.24, 2.45) is 0 Å². The molecule has 0 spiro atoms. The van der Waals surface area contributed by atoms with E-state index >= 15 is 0 Å². The van der Waals surface area contributed by atoms with Crippen molar-refractivity contribution in [3.05, 3.63) is 34.9 Å². The summed E-state index contributed by atoms with van der Waals surface area (Å²) >= 11 is 0. The molecule has 16 heavy (non-hydrogen) atoms. The number of ether oxygens (including phenoxy) is 1. The fourth-order valence-corrected chi connectivity index (χ4v) is 2.90. The van der Waals surface area contributed by atoms with Gasteiger partial charge >= 0.3 is 0 Å². The van der Waals surface area contributed by atoms with Crippen LogP contribution in [-0.2, 0) is 11.2 Å². The Balaban J connectivity index is 1.94. The normalized spacial score (nSPS) is 29.1. The molecule has 2 nitrogen and oxygen atoms in total. The van der Waals surface area contributed by atoms with E-state index in [2.05, 4.69) is 30.4 Å².